The van der Waals surface area contributed by atoms with E-state index in [1.165, 1.54) is 0 Å². The number of pyridine rings is 1. The minimum absolute atomic E-state index is 0.565. The summed E-state index contributed by atoms with van der Waals surface area (Å²) in [7, 11) is 0. The summed E-state index contributed by atoms with van der Waals surface area (Å²) in [6, 6.07) is 4.00. The third kappa shape index (κ3) is 3.05. The zero-order valence-electron chi connectivity index (χ0n) is 11.0. The third-order valence-corrected chi connectivity index (χ3v) is 3.25. The Hall–Kier alpha value is -1.47. The first-order valence-corrected chi connectivity index (χ1v) is 6.38. The number of nitrogens with zero attached hydrogens (tertiary/aromatic N) is 2. The lowest BCUT2D eigenvalue weighted by Gasteiger charge is -2.25. The highest BCUT2D eigenvalue weighted by Crippen LogP contribution is 2.28. The molecule has 0 saturated carbocycles. The predicted octanol–water partition coefficient (Wildman–Crippen LogP) is 3.86. The van der Waals surface area contributed by atoms with Gasteiger partial charge in [-0.05, 0) is 31.4 Å². The quantitative estimate of drug-likeness (QED) is 0.819. The van der Waals surface area contributed by atoms with Crippen molar-refractivity contribution in [3.8, 4) is 11.8 Å². The van der Waals surface area contributed by atoms with Gasteiger partial charge in [0.05, 0.1) is 11.9 Å². The first kappa shape index (κ1) is 14.6. The molecule has 0 amide bonds. The molecule has 0 unspecified atom stereocenters. The van der Waals surface area contributed by atoms with Gasteiger partial charge in [0.2, 0.25) is 0 Å². The van der Waals surface area contributed by atoms with E-state index in [9.17, 15) is 5.26 Å². The molecule has 96 valence electrons. The van der Waals surface area contributed by atoms with Crippen molar-refractivity contribution in [2.75, 3.05) is 0 Å². The first-order chi connectivity index (χ1) is 8.48. The van der Waals surface area contributed by atoms with Crippen LogP contribution >= 0.6 is 12.6 Å². The van der Waals surface area contributed by atoms with Crippen molar-refractivity contribution >= 4 is 18.2 Å². The van der Waals surface area contributed by atoms with E-state index < -0.39 is 5.60 Å². The minimum Gasteiger partial charge on any atom is -0.471 e. The Bertz CT molecular complexity index is 487. The number of thiol groups is 1. The molecule has 0 N–H and O–H groups in total. The number of hydrogen-bond donors (Lipinski definition) is 1. The molecule has 1 rings (SSSR count). The van der Waals surface area contributed by atoms with Crippen molar-refractivity contribution < 1.29 is 4.74 Å². The van der Waals surface area contributed by atoms with Crippen LogP contribution in [0.4, 0.5) is 0 Å². The van der Waals surface area contributed by atoms with Crippen molar-refractivity contribution in [3.05, 3.63) is 24.5 Å². The van der Waals surface area contributed by atoms with Crippen LogP contribution < -0.4 is 4.74 Å². The summed E-state index contributed by atoms with van der Waals surface area (Å²) in [5, 5.41) is 9.22. The molecule has 0 radical (unpaired) electrons. The summed E-state index contributed by atoms with van der Waals surface area (Å²) in [6.45, 7) is 9.58. The lowest BCUT2D eigenvalue weighted by molar-refractivity contribution is 0.118. The largest absolute Gasteiger partial charge is 0.471 e. The maximum absolute atomic E-state index is 9.22. The number of aromatic nitrogens is 1. The number of nitriles is 1. The molecule has 0 aliphatic heterocycles. The summed E-state index contributed by atoms with van der Waals surface area (Å²) >= 11 is 4.36. The molecule has 0 atom stereocenters. The Morgan fingerprint density at radius 1 is 1.56 bits per heavy atom. The molecule has 1 aromatic heterocycles. The fourth-order valence-electron chi connectivity index (χ4n) is 1.62. The Balaban J connectivity index is 3.03. The Morgan fingerprint density at radius 3 is 2.56 bits per heavy atom. The highest BCUT2D eigenvalue weighted by Gasteiger charge is 2.28. The van der Waals surface area contributed by atoms with Gasteiger partial charge in [-0.25, -0.2) is 0 Å². The summed E-state index contributed by atoms with van der Waals surface area (Å²) in [5.74, 6) is 0.565. The van der Waals surface area contributed by atoms with Crippen molar-refractivity contribution in [1.29, 1.82) is 5.26 Å². The van der Waals surface area contributed by atoms with Crippen LogP contribution in [0, 0.1) is 11.3 Å². The van der Waals surface area contributed by atoms with Gasteiger partial charge < -0.3 is 4.74 Å². The van der Waals surface area contributed by atoms with Gasteiger partial charge in [-0.15, -0.1) is 12.6 Å². The number of hydrogen-bond acceptors (Lipinski definition) is 4. The SMILES string of the molecule is C=C(C)c1ncc(OC(C#N)(CC)CC)cc1S. The second kappa shape index (κ2) is 5.92. The van der Waals surface area contributed by atoms with Crippen LogP contribution in [0.25, 0.3) is 5.57 Å². The average molecular weight is 262 g/mol. The molecule has 0 fully saturated rings. The van der Waals surface area contributed by atoms with Gasteiger partial charge in [0, 0.05) is 4.90 Å². The Labute approximate surface area is 114 Å². The van der Waals surface area contributed by atoms with Crippen LogP contribution in [0.15, 0.2) is 23.7 Å². The van der Waals surface area contributed by atoms with Crippen LogP contribution in [0.3, 0.4) is 0 Å². The van der Waals surface area contributed by atoms with Crippen molar-refractivity contribution in [2.45, 2.75) is 44.1 Å². The van der Waals surface area contributed by atoms with Crippen molar-refractivity contribution in [2.24, 2.45) is 0 Å². The molecule has 18 heavy (non-hydrogen) atoms. The van der Waals surface area contributed by atoms with Crippen LogP contribution in [0.5, 0.6) is 5.75 Å². The van der Waals surface area contributed by atoms with Crippen LogP contribution in [-0.4, -0.2) is 10.6 Å². The smallest absolute Gasteiger partial charge is 0.193 e. The van der Waals surface area contributed by atoms with Gasteiger partial charge in [-0.3, -0.25) is 4.98 Å². The molecule has 1 aromatic rings. The lowest BCUT2D eigenvalue weighted by Crippen LogP contribution is -2.32. The molecule has 0 aliphatic carbocycles. The minimum atomic E-state index is -0.785. The van der Waals surface area contributed by atoms with Crippen molar-refractivity contribution in [3.63, 3.8) is 0 Å². The summed E-state index contributed by atoms with van der Waals surface area (Å²) in [5.41, 5.74) is 0.817. The Kier molecular flexibility index (Phi) is 4.80. The van der Waals surface area contributed by atoms with Crippen LogP contribution in [0.1, 0.15) is 39.3 Å². The highest BCUT2D eigenvalue weighted by atomic mass is 32.1. The maximum atomic E-state index is 9.22. The molecule has 0 saturated heterocycles. The summed E-state index contributed by atoms with van der Waals surface area (Å²) in [4.78, 5) is 4.96. The number of allylic oxidation sites excluding steroid dienone is 1. The number of ether oxygens (including phenoxy) is 1. The molecule has 3 nitrogen and oxygen atoms in total. The molecular weight excluding hydrogens is 244 g/mol. The normalized spacial score (nSPS) is 10.8. The molecule has 0 spiro atoms. The van der Waals surface area contributed by atoms with Gasteiger partial charge in [0.15, 0.2) is 5.60 Å². The monoisotopic (exact) mass is 262 g/mol. The molecule has 4 heteroatoms. The molecule has 0 aliphatic rings. The second-order valence-corrected chi connectivity index (χ2v) is 4.72. The van der Waals surface area contributed by atoms with E-state index in [0.29, 0.717) is 23.5 Å². The van der Waals surface area contributed by atoms with Gasteiger partial charge in [0.1, 0.15) is 11.8 Å². The third-order valence-electron chi connectivity index (χ3n) is 2.91. The maximum Gasteiger partial charge on any atom is 0.193 e. The fraction of sp³-hybridized carbons (Fsp3) is 0.429. The van der Waals surface area contributed by atoms with E-state index in [1.807, 2.05) is 20.8 Å². The molecule has 0 aromatic carbocycles. The molecule has 0 bridgehead atoms. The summed E-state index contributed by atoms with van der Waals surface area (Å²) in [6.07, 6.45) is 2.87. The zero-order chi connectivity index (χ0) is 13.8. The van der Waals surface area contributed by atoms with E-state index in [1.54, 1.807) is 12.3 Å². The van der Waals surface area contributed by atoms with Crippen molar-refractivity contribution in [1.82, 2.24) is 4.98 Å². The van der Waals surface area contributed by atoms with Crippen LogP contribution in [-0.2, 0) is 0 Å². The van der Waals surface area contributed by atoms with Gasteiger partial charge >= 0.3 is 0 Å². The molecular formula is C14H18N2OS. The van der Waals surface area contributed by atoms with E-state index in [2.05, 4.69) is 30.3 Å². The Morgan fingerprint density at radius 2 is 2.17 bits per heavy atom. The zero-order valence-corrected chi connectivity index (χ0v) is 11.9. The predicted molar refractivity (Wildman–Crippen MR) is 75.8 cm³/mol. The fourth-order valence-corrected chi connectivity index (χ4v) is 2.00. The average Bonchev–Trinajstić information content (AvgIpc) is 2.36. The van der Waals surface area contributed by atoms with E-state index >= 15 is 0 Å². The van der Waals surface area contributed by atoms with Gasteiger partial charge in [-0.2, -0.15) is 5.26 Å². The lowest BCUT2D eigenvalue weighted by atomic mass is 9.99. The molecule has 1 heterocycles. The van der Waals surface area contributed by atoms with Gasteiger partial charge in [0.25, 0.3) is 0 Å². The van der Waals surface area contributed by atoms with E-state index in [4.69, 9.17) is 4.74 Å². The van der Waals surface area contributed by atoms with E-state index in [0.717, 1.165) is 11.3 Å². The second-order valence-electron chi connectivity index (χ2n) is 4.23. The number of rotatable bonds is 5. The summed E-state index contributed by atoms with van der Waals surface area (Å²) < 4.78 is 5.76. The van der Waals surface area contributed by atoms with Gasteiger partial charge in [-0.1, -0.05) is 20.4 Å². The first-order valence-electron chi connectivity index (χ1n) is 5.93. The van der Waals surface area contributed by atoms with E-state index in [-0.39, 0.29) is 0 Å². The standard InChI is InChI=1S/C14H18N2OS/c1-5-14(6-2,9-15)17-11-7-12(18)13(10(3)4)16-8-11/h7-8,18H,3,5-6H2,1-2,4H3. The topological polar surface area (TPSA) is 45.9 Å². The highest BCUT2D eigenvalue weighted by molar-refractivity contribution is 7.80. The van der Waals surface area contributed by atoms with Crippen LogP contribution in [0.2, 0.25) is 0 Å².